The second-order valence-electron chi connectivity index (χ2n) is 9.07. The zero-order chi connectivity index (χ0) is 24.1. The van der Waals surface area contributed by atoms with Crippen molar-refractivity contribution >= 4 is 12.1 Å². The van der Waals surface area contributed by atoms with Crippen molar-refractivity contribution in [3.8, 4) is 28.5 Å². The fourth-order valence-corrected chi connectivity index (χ4v) is 4.49. The number of cyclic esters (lactones) is 1. The van der Waals surface area contributed by atoms with Gasteiger partial charge in [0, 0.05) is 23.2 Å². The van der Waals surface area contributed by atoms with Crippen LogP contribution < -0.4 is 25.1 Å². The van der Waals surface area contributed by atoms with E-state index in [0.717, 1.165) is 12.8 Å². The Bertz CT molecular complexity index is 1230. The molecule has 2 atom stereocenters. The topological polar surface area (TPSA) is 125 Å². The van der Waals surface area contributed by atoms with Crippen molar-refractivity contribution in [1.29, 1.82) is 0 Å². The van der Waals surface area contributed by atoms with E-state index in [4.69, 9.17) is 18.9 Å². The van der Waals surface area contributed by atoms with E-state index < -0.39 is 29.8 Å². The van der Waals surface area contributed by atoms with Gasteiger partial charge in [-0.25, -0.2) is 9.59 Å². The highest BCUT2D eigenvalue weighted by Crippen LogP contribution is 2.51. The smallest absolute Gasteiger partial charge is 0.407 e. The molecule has 1 aromatic heterocycles. The van der Waals surface area contributed by atoms with Crippen molar-refractivity contribution in [2.75, 3.05) is 20.3 Å². The number of methoxy groups -OCH3 is 1. The van der Waals surface area contributed by atoms with Crippen molar-refractivity contribution in [3.05, 3.63) is 39.7 Å². The quantitative estimate of drug-likeness (QED) is 0.632. The van der Waals surface area contributed by atoms with Crippen LogP contribution in [-0.2, 0) is 4.74 Å². The van der Waals surface area contributed by atoms with Gasteiger partial charge in [0.25, 0.3) is 5.56 Å². The van der Waals surface area contributed by atoms with Gasteiger partial charge in [-0.1, -0.05) is 13.8 Å². The number of hydrogen-bond donors (Lipinski definition) is 2. The lowest BCUT2D eigenvalue weighted by atomic mass is 9.89. The van der Waals surface area contributed by atoms with Crippen LogP contribution >= 0.6 is 0 Å². The Morgan fingerprint density at radius 3 is 2.56 bits per heavy atom. The van der Waals surface area contributed by atoms with E-state index in [1.807, 2.05) is 13.8 Å². The number of benzene rings is 1. The highest BCUT2D eigenvalue weighted by molar-refractivity contribution is 5.89. The van der Waals surface area contributed by atoms with Gasteiger partial charge in [-0.2, -0.15) is 0 Å². The molecule has 2 aliphatic heterocycles. The average molecular weight is 470 g/mol. The molecule has 34 heavy (non-hydrogen) atoms. The van der Waals surface area contributed by atoms with E-state index in [2.05, 4.69) is 5.32 Å². The third kappa shape index (κ3) is 3.72. The summed E-state index contributed by atoms with van der Waals surface area (Å²) in [6.45, 7) is 4.45. The third-order valence-corrected chi connectivity index (χ3v) is 6.27. The number of rotatable bonds is 7. The molecule has 5 rings (SSSR count). The highest BCUT2D eigenvalue weighted by atomic mass is 16.6. The molecule has 0 spiro atoms. The first-order valence-electron chi connectivity index (χ1n) is 11.3. The van der Waals surface area contributed by atoms with Gasteiger partial charge < -0.3 is 33.9 Å². The molecule has 10 heteroatoms. The van der Waals surface area contributed by atoms with Crippen molar-refractivity contribution < 1.29 is 33.6 Å². The molecule has 0 radical (unpaired) electrons. The molecule has 2 unspecified atom stereocenters. The van der Waals surface area contributed by atoms with Crippen LogP contribution in [0.15, 0.2) is 23.0 Å². The number of ether oxygens (including phenoxy) is 4. The minimum absolute atomic E-state index is 0.00847. The first-order valence-corrected chi connectivity index (χ1v) is 11.3. The number of nitrogens with one attached hydrogen (secondary N) is 1. The maximum atomic E-state index is 13.2. The Balaban J connectivity index is 1.64. The van der Waals surface area contributed by atoms with Gasteiger partial charge in [-0.3, -0.25) is 4.79 Å². The zero-order valence-electron chi connectivity index (χ0n) is 19.1. The third-order valence-electron chi connectivity index (χ3n) is 6.27. The number of nitrogens with zero attached hydrogens (tertiary/aromatic N) is 1. The number of carbonyl (C=O) groups excluding carboxylic acids is 1. The van der Waals surface area contributed by atoms with Crippen LogP contribution in [0.1, 0.15) is 54.8 Å². The maximum Gasteiger partial charge on any atom is 0.407 e. The molecular weight excluding hydrogens is 444 g/mol. The Morgan fingerprint density at radius 2 is 1.97 bits per heavy atom. The van der Waals surface area contributed by atoms with Gasteiger partial charge in [-0.15, -0.1) is 0 Å². The number of hydrogen-bond acceptors (Lipinski definition) is 7. The average Bonchev–Trinajstić information content (AvgIpc) is 3.55. The van der Waals surface area contributed by atoms with Gasteiger partial charge in [0.15, 0.2) is 17.6 Å². The standard InChI is InChI=1S/C24H26N2O8/c1-11(2)21-15-6-16(23(28)29)22(27)26(12-4-5-12)20(15)14-7-18(31-3)19(8-17(14)34-21)32-10-13-9-25-24(30)33-13/h6-8,11-13,21H,4-5,9-10H2,1-3H3,(H,25,30)(H,28,29). The number of fused-ring (bicyclic) bond motifs is 3. The van der Waals surface area contributed by atoms with Gasteiger partial charge in [0.05, 0.1) is 19.3 Å². The number of pyridine rings is 1. The summed E-state index contributed by atoms with van der Waals surface area (Å²) in [6, 6.07) is 4.86. The predicted octanol–water partition coefficient (Wildman–Crippen LogP) is 3.13. The molecule has 3 aliphatic rings. The van der Waals surface area contributed by atoms with Crippen LogP contribution in [0, 0.1) is 5.92 Å². The summed E-state index contributed by atoms with van der Waals surface area (Å²) in [6.07, 6.45) is 0.263. The minimum Gasteiger partial charge on any atom is -0.493 e. The van der Waals surface area contributed by atoms with Crippen LogP contribution in [0.5, 0.6) is 17.2 Å². The minimum atomic E-state index is -1.25. The number of aromatic carboxylic acids is 1. The van der Waals surface area contributed by atoms with E-state index in [1.165, 1.54) is 13.2 Å². The highest BCUT2D eigenvalue weighted by Gasteiger charge is 2.38. The number of aromatic nitrogens is 1. The predicted molar refractivity (Wildman–Crippen MR) is 120 cm³/mol. The Morgan fingerprint density at radius 1 is 1.21 bits per heavy atom. The molecule has 0 bridgehead atoms. The second-order valence-corrected chi connectivity index (χ2v) is 9.07. The van der Waals surface area contributed by atoms with Crippen molar-refractivity contribution in [1.82, 2.24) is 9.88 Å². The van der Waals surface area contributed by atoms with E-state index in [1.54, 1.807) is 16.7 Å². The van der Waals surface area contributed by atoms with E-state index >= 15 is 0 Å². The van der Waals surface area contributed by atoms with Crippen LogP contribution in [0.3, 0.4) is 0 Å². The molecule has 3 heterocycles. The molecule has 1 aliphatic carbocycles. The molecule has 2 N–H and O–H groups in total. The van der Waals surface area contributed by atoms with Crippen LogP contribution in [0.25, 0.3) is 11.3 Å². The lowest BCUT2D eigenvalue weighted by Gasteiger charge is -2.33. The van der Waals surface area contributed by atoms with Crippen LogP contribution in [0.2, 0.25) is 0 Å². The Kier molecular flexibility index (Phi) is 5.38. The first kappa shape index (κ1) is 22.1. The molecule has 2 aromatic rings. The summed E-state index contributed by atoms with van der Waals surface area (Å²) in [7, 11) is 1.51. The van der Waals surface area contributed by atoms with Crippen molar-refractivity contribution in [2.45, 2.75) is 44.9 Å². The summed E-state index contributed by atoms with van der Waals surface area (Å²) >= 11 is 0. The number of amides is 1. The Hall–Kier alpha value is -3.69. The summed E-state index contributed by atoms with van der Waals surface area (Å²) in [4.78, 5) is 36.3. The van der Waals surface area contributed by atoms with E-state index in [-0.39, 0.29) is 24.1 Å². The molecule has 180 valence electrons. The fourth-order valence-electron chi connectivity index (χ4n) is 4.49. The maximum absolute atomic E-state index is 13.2. The number of carbonyl (C=O) groups is 2. The molecule has 1 aromatic carbocycles. The molecular formula is C24H26N2O8. The number of carboxylic acids is 1. The zero-order valence-corrected chi connectivity index (χ0v) is 19.1. The first-order chi connectivity index (χ1) is 16.3. The molecule has 1 amide bonds. The monoisotopic (exact) mass is 470 g/mol. The van der Waals surface area contributed by atoms with Crippen LogP contribution in [-0.4, -0.2) is 48.1 Å². The fraction of sp³-hybridized carbons (Fsp3) is 0.458. The van der Waals surface area contributed by atoms with E-state index in [9.17, 15) is 19.5 Å². The Labute approximate surface area is 195 Å². The lowest BCUT2D eigenvalue weighted by molar-refractivity contribution is 0.0693. The summed E-state index contributed by atoms with van der Waals surface area (Å²) in [5.74, 6) is 0.108. The largest absolute Gasteiger partial charge is 0.493 e. The number of carboxylic acid groups (broad SMARTS) is 1. The van der Waals surface area contributed by atoms with Gasteiger partial charge in [-0.05, 0) is 30.9 Å². The van der Waals surface area contributed by atoms with Crippen molar-refractivity contribution in [2.24, 2.45) is 5.92 Å². The summed E-state index contributed by atoms with van der Waals surface area (Å²) in [5.41, 5.74) is 1.21. The lowest BCUT2D eigenvalue weighted by Crippen LogP contribution is -2.32. The second kappa shape index (κ2) is 8.27. The molecule has 1 saturated heterocycles. The van der Waals surface area contributed by atoms with Gasteiger partial charge in [0.2, 0.25) is 0 Å². The SMILES string of the molecule is COc1cc2c(cc1OCC1CNC(=O)O1)OC(C(C)C)c1cc(C(=O)O)c(=O)n(C3CC3)c1-2. The summed E-state index contributed by atoms with van der Waals surface area (Å²) < 4.78 is 24.5. The molecule has 1 saturated carbocycles. The van der Waals surface area contributed by atoms with Crippen molar-refractivity contribution in [3.63, 3.8) is 0 Å². The normalized spacial score (nSPS) is 20.6. The van der Waals surface area contributed by atoms with Crippen LogP contribution in [0.4, 0.5) is 4.79 Å². The molecule has 2 fully saturated rings. The van der Waals surface area contributed by atoms with E-state index in [0.29, 0.717) is 40.6 Å². The van der Waals surface area contributed by atoms with Gasteiger partial charge >= 0.3 is 12.1 Å². The number of alkyl carbamates (subject to hydrolysis) is 1. The molecule has 10 nitrogen and oxygen atoms in total. The van der Waals surface area contributed by atoms with Gasteiger partial charge in [0.1, 0.15) is 24.0 Å². The summed E-state index contributed by atoms with van der Waals surface area (Å²) in [5, 5.41) is 12.3.